The fourth-order valence-electron chi connectivity index (χ4n) is 3.56. The fourth-order valence-corrected chi connectivity index (χ4v) is 5.25. The molecule has 1 aromatic carbocycles. The number of sulfone groups is 1. The van der Waals surface area contributed by atoms with Crippen LogP contribution in [0, 0.1) is 0 Å². The summed E-state index contributed by atoms with van der Waals surface area (Å²) in [6.45, 7) is 0. The molecular formula is C19H23N3O5S. The third kappa shape index (κ3) is 3.71. The summed E-state index contributed by atoms with van der Waals surface area (Å²) >= 11 is 0. The van der Waals surface area contributed by atoms with Gasteiger partial charge < -0.3 is 14.8 Å². The van der Waals surface area contributed by atoms with Gasteiger partial charge in [0.2, 0.25) is 0 Å². The van der Waals surface area contributed by atoms with E-state index in [2.05, 4.69) is 10.4 Å². The number of carbonyl (C=O) groups is 1. The van der Waals surface area contributed by atoms with E-state index in [0.29, 0.717) is 29.5 Å². The van der Waals surface area contributed by atoms with Crippen molar-refractivity contribution in [3.63, 3.8) is 0 Å². The second kappa shape index (κ2) is 7.12. The van der Waals surface area contributed by atoms with Crippen molar-refractivity contribution >= 4 is 21.4 Å². The van der Waals surface area contributed by atoms with Crippen LogP contribution in [0.5, 0.6) is 11.5 Å². The summed E-state index contributed by atoms with van der Waals surface area (Å²) in [5.74, 6) is 1.34. The first-order valence-corrected chi connectivity index (χ1v) is 11.1. The molecule has 9 heteroatoms. The van der Waals surface area contributed by atoms with Crippen LogP contribution in [0.15, 0.2) is 24.3 Å². The molecule has 2 heterocycles. The highest BCUT2D eigenvalue weighted by Crippen LogP contribution is 2.42. The van der Waals surface area contributed by atoms with Gasteiger partial charge in [-0.25, -0.2) is 8.42 Å². The summed E-state index contributed by atoms with van der Waals surface area (Å²) in [4.78, 5) is 12.8. The molecule has 2 aromatic rings. The number of anilines is 1. The normalized spacial score (nSPS) is 20.7. The van der Waals surface area contributed by atoms with E-state index >= 15 is 0 Å². The number of nitrogens with zero attached hydrogens (tertiary/aromatic N) is 2. The molecule has 1 saturated heterocycles. The molecule has 0 radical (unpaired) electrons. The standard InChI is InChI=1S/C19H23N3O5S/c1-26-14-5-6-18(27-2)15(9-14)20-19(23)16-10-17(12-3-4-12)22(21-16)13-7-8-28(24,25)11-13/h5-6,9-10,12-13H,3-4,7-8,11H2,1-2H3,(H,20,23)/t13-/m1/s1. The van der Waals surface area contributed by atoms with Crippen molar-refractivity contribution in [1.29, 1.82) is 0 Å². The predicted octanol–water partition coefficient (Wildman–Crippen LogP) is 2.39. The first-order chi connectivity index (χ1) is 13.4. The van der Waals surface area contributed by atoms with Gasteiger partial charge in [0, 0.05) is 17.7 Å². The molecular weight excluding hydrogens is 382 g/mol. The lowest BCUT2D eigenvalue weighted by atomic mass is 10.2. The van der Waals surface area contributed by atoms with Crippen molar-refractivity contribution in [2.45, 2.75) is 31.2 Å². The van der Waals surface area contributed by atoms with Crippen molar-refractivity contribution in [1.82, 2.24) is 9.78 Å². The summed E-state index contributed by atoms with van der Waals surface area (Å²) < 4.78 is 36.0. The monoisotopic (exact) mass is 405 g/mol. The largest absolute Gasteiger partial charge is 0.497 e. The maximum Gasteiger partial charge on any atom is 0.276 e. The fraction of sp³-hybridized carbons (Fsp3) is 0.474. The van der Waals surface area contributed by atoms with Crippen LogP contribution in [-0.2, 0) is 9.84 Å². The molecule has 2 fully saturated rings. The summed E-state index contributed by atoms with van der Waals surface area (Å²) in [6.07, 6.45) is 2.61. The molecule has 1 aromatic heterocycles. The van der Waals surface area contributed by atoms with Gasteiger partial charge in [0.15, 0.2) is 15.5 Å². The zero-order valence-corrected chi connectivity index (χ0v) is 16.7. The van der Waals surface area contributed by atoms with Crippen LogP contribution in [-0.4, -0.2) is 49.8 Å². The lowest BCUT2D eigenvalue weighted by Gasteiger charge is -2.12. The molecule has 1 N–H and O–H groups in total. The van der Waals surface area contributed by atoms with Crippen molar-refractivity contribution in [2.75, 3.05) is 31.0 Å². The minimum absolute atomic E-state index is 0.0825. The summed E-state index contributed by atoms with van der Waals surface area (Å²) in [6, 6.07) is 6.72. The highest BCUT2D eigenvalue weighted by Gasteiger charge is 2.36. The molecule has 1 aliphatic carbocycles. The Kier molecular flexibility index (Phi) is 4.78. The van der Waals surface area contributed by atoms with Crippen LogP contribution in [0.1, 0.15) is 47.4 Å². The van der Waals surface area contributed by atoms with Crippen LogP contribution < -0.4 is 14.8 Å². The maximum atomic E-state index is 12.8. The smallest absolute Gasteiger partial charge is 0.276 e. The van der Waals surface area contributed by atoms with Gasteiger partial charge in [0.05, 0.1) is 37.5 Å². The molecule has 4 rings (SSSR count). The molecule has 8 nitrogen and oxygen atoms in total. The van der Waals surface area contributed by atoms with Gasteiger partial charge >= 0.3 is 0 Å². The Morgan fingerprint density at radius 1 is 1.18 bits per heavy atom. The Morgan fingerprint density at radius 2 is 1.96 bits per heavy atom. The number of aromatic nitrogens is 2. The average molecular weight is 405 g/mol. The number of carbonyl (C=O) groups excluding carboxylic acids is 1. The van der Waals surface area contributed by atoms with E-state index in [1.54, 1.807) is 36.1 Å². The van der Waals surface area contributed by atoms with Crippen LogP contribution in [0.3, 0.4) is 0 Å². The predicted molar refractivity (Wildman–Crippen MR) is 104 cm³/mol. The minimum Gasteiger partial charge on any atom is -0.497 e. The lowest BCUT2D eigenvalue weighted by Crippen LogP contribution is -2.17. The Bertz CT molecular complexity index is 1010. The van der Waals surface area contributed by atoms with E-state index in [1.165, 1.54) is 7.11 Å². The van der Waals surface area contributed by atoms with Gasteiger partial charge in [-0.1, -0.05) is 0 Å². The number of rotatable bonds is 6. The van der Waals surface area contributed by atoms with Crippen LogP contribution in [0.2, 0.25) is 0 Å². The number of hydrogen-bond acceptors (Lipinski definition) is 6. The maximum absolute atomic E-state index is 12.8. The molecule has 1 atom stereocenters. The summed E-state index contributed by atoms with van der Waals surface area (Å²) in [5.41, 5.74) is 1.71. The average Bonchev–Trinajstić information content (AvgIpc) is 3.32. The van der Waals surface area contributed by atoms with Crippen LogP contribution in [0.25, 0.3) is 0 Å². The van der Waals surface area contributed by atoms with Crippen LogP contribution >= 0.6 is 0 Å². The molecule has 2 aliphatic rings. The highest BCUT2D eigenvalue weighted by molar-refractivity contribution is 7.91. The van der Waals surface area contributed by atoms with E-state index in [9.17, 15) is 13.2 Å². The summed E-state index contributed by atoms with van der Waals surface area (Å²) in [7, 11) is 0.0403. The number of nitrogens with one attached hydrogen (secondary N) is 1. The van der Waals surface area contributed by atoms with Gasteiger partial charge in [-0.2, -0.15) is 5.10 Å². The topological polar surface area (TPSA) is 99.5 Å². The minimum atomic E-state index is -3.03. The molecule has 150 valence electrons. The Balaban J connectivity index is 1.61. The van der Waals surface area contributed by atoms with E-state index in [1.807, 2.05) is 0 Å². The number of hydrogen-bond donors (Lipinski definition) is 1. The highest BCUT2D eigenvalue weighted by atomic mass is 32.2. The van der Waals surface area contributed by atoms with E-state index in [4.69, 9.17) is 9.47 Å². The number of ether oxygens (including phenoxy) is 2. The van der Waals surface area contributed by atoms with Gasteiger partial charge in [-0.3, -0.25) is 9.48 Å². The molecule has 1 amide bonds. The Hall–Kier alpha value is -2.55. The third-order valence-electron chi connectivity index (χ3n) is 5.20. The van der Waals surface area contributed by atoms with E-state index in [0.717, 1.165) is 18.5 Å². The molecule has 0 bridgehead atoms. The van der Waals surface area contributed by atoms with Gasteiger partial charge in [-0.05, 0) is 37.5 Å². The van der Waals surface area contributed by atoms with Gasteiger partial charge in [0.25, 0.3) is 5.91 Å². The Labute approximate surface area is 163 Å². The second-order valence-electron chi connectivity index (χ2n) is 7.25. The van der Waals surface area contributed by atoms with Crippen molar-refractivity contribution in [2.24, 2.45) is 0 Å². The van der Waals surface area contributed by atoms with Gasteiger partial charge in [0.1, 0.15) is 11.5 Å². The van der Waals surface area contributed by atoms with Crippen molar-refractivity contribution < 1.29 is 22.7 Å². The lowest BCUT2D eigenvalue weighted by molar-refractivity contribution is 0.102. The molecule has 0 spiro atoms. The molecule has 0 unspecified atom stereocenters. The third-order valence-corrected chi connectivity index (χ3v) is 6.95. The first-order valence-electron chi connectivity index (χ1n) is 9.23. The van der Waals surface area contributed by atoms with Crippen molar-refractivity contribution in [3.8, 4) is 11.5 Å². The Morgan fingerprint density at radius 3 is 2.57 bits per heavy atom. The molecule has 28 heavy (non-hydrogen) atoms. The second-order valence-corrected chi connectivity index (χ2v) is 9.48. The quantitative estimate of drug-likeness (QED) is 0.792. The first kappa shape index (κ1) is 18.8. The molecule has 1 aliphatic heterocycles. The SMILES string of the molecule is COc1ccc(OC)c(NC(=O)c2cc(C3CC3)n([C@@H]3CCS(=O)(=O)C3)n2)c1. The number of benzene rings is 1. The van der Waals surface area contributed by atoms with Crippen molar-refractivity contribution in [3.05, 3.63) is 35.7 Å². The number of amides is 1. The number of methoxy groups -OCH3 is 2. The van der Waals surface area contributed by atoms with E-state index < -0.39 is 9.84 Å². The van der Waals surface area contributed by atoms with E-state index in [-0.39, 0.29) is 29.1 Å². The zero-order valence-electron chi connectivity index (χ0n) is 15.8. The van der Waals surface area contributed by atoms with Crippen LogP contribution in [0.4, 0.5) is 5.69 Å². The zero-order chi connectivity index (χ0) is 19.9. The summed E-state index contributed by atoms with van der Waals surface area (Å²) in [5, 5.41) is 7.30. The van der Waals surface area contributed by atoms with Gasteiger partial charge in [-0.15, -0.1) is 0 Å². The molecule has 1 saturated carbocycles.